The molecule has 3 rings (SSSR count). The first-order valence-corrected chi connectivity index (χ1v) is 6.11. The van der Waals surface area contributed by atoms with Crippen LogP contribution in [0, 0.1) is 10.1 Å². The molecule has 21 heavy (non-hydrogen) atoms. The zero-order valence-corrected chi connectivity index (χ0v) is 10.7. The Kier molecular flexibility index (Phi) is 2.94. The number of anilines is 1. The number of nitrogens with zero attached hydrogens (tertiary/aromatic N) is 3. The second kappa shape index (κ2) is 4.78. The molecule has 0 radical (unpaired) electrons. The first-order chi connectivity index (χ1) is 10.1. The van der Waals surface area contributed by atoms with Crippen LogP contribution in [0.2, 0.25) is 0 Å². The predicted molar refractivity (Wildman–Crippen MR) is 72.9 cm³/mol. The fraction of sp³-hybridized carbons (Fsp3) is 0.0714. The Bertz CT molecular complexity index is 758. The van der Waals surface area contributed by atoms with Gasteiger partial charge in [0, 0.05) is 24.5 Å². The Morgan fingerprint density at radius 2 is 2.05 bits per heavy atom. The van der Waals surface area contributed by atoms with Crippen molar-refractivity contribution in [2.75, 3.05) is 4.90 Å². The van der Waals surface area contributed by atoms with Gasteiger partial charge in [-0.15, -0.1) is 0 Å². The van der Waals surface area contributed by atoms with Crippen molar-refractivity contribution in [2.24, 2.45) is 0 Å². The monoisotopic (exact) mass is 283 g/mol. The highest BCUT2D eigenvalue weighted by molar-refractivity contribution is 6.52. The summed E-state index contributed by atoms with van der Waals surface area (Å²) in [7, 11) is 0. The summed E-state index contributed by atoms with van der Waals surface area (Å²) in [5, 5.41) is 10.7. The molecule has 7 nitrogen and oxygen atoms in total. The van der Waals surface area contributed by atoms with Crippen molar-refractivity contribution in [1.29, 1.82) is 0 Å². The quantitative estimate of drug-likeness (QED) is 0.485. The van der Waals surface area contributed by atoms with Gasteiger partial charge in [0.15, 0.2) is 0 Å². The van der Waals surface area contributed by atoms with Crippen LogP contribution in [0.3, 0.4) is 0 Å². The average molecular weight is 283 g/mol. The minimum atomic E-state index is -0.724. The molecule has 0 saturated carbocycles. The number of amides is 1. The summed E-state index contributed by atoms with van der Waals surface area (Å²) in [4.78, 5) is 39.4. The summed E-state index contributed by atoms with van der Waals surface area (Å²) in [6, 6.07) is 7.36. The number of ketones is 1. The largest absolute Gasteiger partial charge is 0.300 e. The van der Waals surface area contributed by atoms with E-state index in [0.717, 1.165) is 11.6 Å². The zero-order valence-electron chi connectivity index (χ0n) is 10.7. The summed E-state index contributed by atoms with van der Waals surface area (Å²) in [5.41, 5.74) is 1.01. The van der Waals surface area contributed by atoms with Gasteiger partial charge in [-0.25, -0.2) is 0 Å². The van der Waals surface area contributed by atoms with Gasteiger partial charge in [-0.3, -0.25) is 24.7 Å². The van der Waals surface area contributed by atoms with Crippen molar-refractivity contribution in [3.8, 4) is 0 Å². The summed E-state index contributed by atoms with van der Waals surface area (Å²) in [6.45, 7) is 0.198. The zero-order chi connectivity index (χ0) is 15.0. The molecule has 1 aliphatic rings. The fourth-order valence-electron chi connectivity index (χ4n) is 2.23. The molecule has 0 spiro atoms. The summed E-state index contributed by atoms with van der Waals surface area (Å²) in [6.07, 6.45) is 3.21. The number of carbonyl (C=O) groups is 2. The van der Waals surface area contributed by atoms with Crippen LogP contribution in [0.1, 0.15) is 15.9 Å². The lowest BCUT2D eigenvalue weighted by atomic mass is 10.1. The number of benzene rings is 1. The molecule has 0 fully saturated rings. The Morgan fingerprint density at radius 3 is 2.71 bits per heavy atom. The van der Waals surface area contributed by atoms with Gasteiger partial charge in [0.2, 0.25) is 0 Å². The first kappa shape index (κ1) is 12.9. The molecule has 104 valence electrons. The van der Waals surface area contributed by atoms with E-state index in [1.807, 2.05) is 0 Å². The number of Topliss-reactive ketones (excluding diaryl/α,β-unsaturated/α-hetero) is 1. The van der Waals surface area contributed by atoms with E-state index in [0.29, 0.717) is 5.69 Å². The van der Waals surface area contributed by atoms with Gasteiger partial charge in [-0.2, -0.15) is 0 Å². The van der Waals surface area contributed by atoms with Crippen molar-refractivity contribution in [3.05, 3.63) is 64.0 Å². The van der Waals surface area contributed by atoms with Crippen molar-refractivity contribution in [3.63, 3.8) is 0 Å². The SMILES string of the molecule is O=C1C(=O)N(Cc2cccnc2)c2ccc([N+](=O)[O-])cc21. The minimum Gasteiger partial charge on any atom is -0.300 e. The normalized spacial score (nSPS) is 13.4. The number of hydrogen-bond donors (Lipinski definition) is 0. The van der Waals surface area contributed by atoms with Crippen LogP contribution < -0.4 is 4.90 Å². The lowest BCUT2D eigenvalue weighted by Gasteiger charge is -2.16. The molecule has 1 amide bonds. The van der Waals surface area contributed by atoms with E-state index in [1.54, 1.807) is 24.5 Å². The maximum atomic E-state index is 12.0. The molecule has 1 aliphatic heterocycles. The number of fused-ring (bicyclic) bond motifs is 1. The van der Waals surface area contributed by atoms with E-state index >= 15 is 0 Å². The first-order valence-electron chi connectivity index (χ1n) is 6.11. The molecular weight excluding hydrogens is 274 g/mol. The second-order valence-electron chi connectivity index (χ2n) is 4.54. The molecule has 1 aromatic heterocycles. The Morgan fingerprint density at radius 1 is 1.24 bits per heavy atom. The van der Waals surface area contributed by atoms with Gasteiger partial charge in [-0.1, -0.05) is 6.07 Å². The number of hydrogen-bond acceptors (Lipinski definition) is 5. The van der Waals surface area contributed by atoms with Crippen LogP contribution in [0.15, 0.2) is 42.7 Å². The molecule has 1 aromatic carbocycles. The van der Waals surface area contributed by atoms with E-state index < -0.39 is 16.6 Å². The van der Waals surface area contributed by atoms with Gasteiger partial charge in [0.1, 0.15) is 0 Å². The smallest absolute Gasteiger partial charge is 0.299 e. The highest BCUT2D eigenvalue weighted by atomic mass is 16.6. The number of nitro benzene ring substituents is 1. The van der Waals surface area contributed by atoms with Gasteiger partial charge in [0.05, 0.1) is 22.7 Å². The standard InChI is InChI=1S/C14H9N3O4/c18-13-11-6-10(17(20)21)3-4-12(11)16(14(13)19)8-9-2-1-5-15-7-9/h1-7H,8H2. The van der Waals surface area contributed by atoms with Crippen LogP contribution in [-0.4, -0.2) is 21.6 Å². The van der Waals surface area contributed by atoms with E-state index in [-0.39, 0.29) is 17.8 Å². The van der Waals surface area contributed by atoms with Crippen molar-refractivity contribution < 1.29 is 14.5 Å². The maximum Gasteiger partial charge on any atom is 0.299 e. The Labute approximate surface area is 119 Å². The Hall–Kier alpha value is -3.09. The number of non-ortho nitro benzene ring substituents is 1. The molecule has 0 saturated heterocycles. The van der Waals surface area contributed by atoms with E-state index in [1.165, 1.54) is 17.0 Å². The van der Waals surface area contributed by atoms with Crippen LogP contribution in [0.5, 0.6) is 0 Å². The summed E-state index contributed by atoms with van der Waals surface area (Å²) in [5.74, 6) is -1.41. The minimum absolute atomic E-state index is 0.0677. The van der Waals surface area contributed by atoms with E-state index in [9.17, 15) is 19.7 Å². The van der Waals surface area contributed by atoms with Crippen LogP contribution >= 0.6 is 0 Å². The summed E-state index contributed by atoms with van der Waals surface area (Å²) < 4.78 is 0. The average Bonchev–Trinajstić information content (AvgIpc) is 2.73. The molecule has 0 unspecified atom stereocenters. The lowest BCUT2D eigenvalue weighted by Crippen LogP contribution is -2.29. The van der Waals surface area contributed by atoms with E-state index in [2.05, 4.69) is 4.98 Å². The molecule has 0 N–H and O–H groups in total. The molecule has 2 aromatic rings. The van der Waals surface area contributed by atoms with Crippen molar-refractivity contribution in [2.45, 2.75) is 6.54 Å². The number of pyridine rings is 1. The van der Waals surface area contributed by atoms with Crippen molar-refractivity contribution >= 4 is 23.1 Å². The molecule has 0 atom stereocenters. The Balaban J connectivity index is 2.00. The number of nitro groups is 1. The third-order valence-corrected chi connectivity index (χ3v) is 3.23. The molecule has 0 bridgehead atoms. The molecule has 2 heterocycles. The highest BCUT2D eigenvalue weighted by Crippen LogP contribution is 2.32. The van der Waals surface area contributed by atoms with Gasteiger partial charge in [-0.05, 0) is 17.7 Å². The number of carbonyl (C=O) groups excluding carboxylic acids is 2. The lowest BCUT2D eigenvalue weighted by molar-refractivity contribution is -0.384. The fourth-order valence-corrected chi connectivity index (χ4v) is 2.23. The van der Waals surface area contributed by atoms with E-state index in [4.69, 9.17) is 0 Å². The maximum absolute atomic E-state index is 12.0. The third-order valence-electron chi connectivity index (χ3n) is 3.23. The number of rotatable bonds is 3. The second-order valence-corrected chi connectivity index (χ2v) is 4.54. The highest BCUT2D eigenvalue weighted by Gasteiger charge is 2.36. The molecule has 7 heteroatoms. The molecular formula is C14H9N3O4. The molecule has 0 aliphatic carbocycles. The van der Waals surface area contributed by atoms with Crippen LogP contribution in [0.4, 0.5) is 11.4 Å². The van der Waals surface area contributed by atoms with Crippen LogP contribution in [-0.2, 0) is 11.3 Å². The predicted octanol–water partition coefficient (Wildman–Crippen LogP) is 1.72. The number of aromatic nitrogens is 1. The van der Waals surface area contributed by atoms with Crippen molar-refractivity contribution in [1.82, 2.24) is 4.98 Å². The van der Waals surface area contributed by atoms with Gasteiger partial charge < -0.3 is 4.90 Å². The van der Waals surface area contributed by atoms with Gasteiger partial charge in [0.25, 0.3) is 17.4 Å². The summed E-state index contributed by atoms with van der Waals surface area (Å²) >= 11 is 0. The third kappa shape index (κ3) is 2.14. The van der Waals surface area contributed by atoms with Gasteiger partial charge >= 0.3 is 0 Å². The van der Waals surface area contributed by atoms with Crippen LogP contribution in [0.25, 0.3) is 0 Å². The topological polar surface area (TPSA) is 93.4 Å².